The molecule has 6 nitrogen and oxygen atoms in total. The maximum Gasteiger partial charge on any atom is 0.262 e. The monoisotopic (exact) mass is 544 g/mol. The minimum atomic E-state index is -3.66. The van der Waals surface area contributed by atoms with Gasteiger partial charge in [0, 0.05) is 23.8 Å². The fourth-order valence-electron chi connectivity index (χ4n) is 3.40. The summed E-state index contributed by atoms with van der Waals surface area (Å²) in [5, 5.41) is 2.75. The van der Waals surface area contributed by atoms with E-state index < -0.39 is 10.0 Å². The largest absolute Gasteiger partial charge is 0.483 e. The molecule has 0 saturated carbocycles. The standard InChI is InChI=1S/C26H29BrN2O4S/c1-18(2)23-15-24(27)19(3)14-25(23)33-17-26(30)28-21-10-12-22(13-11-21)34(31,32)29(4)16-20-8-6-5-7-9-20/h5-15,18H,16-17H2,1-4H3,(H,28,30). The molecule has 0 aliphatic carbocycles. The van der Waals surface area contributed by atoms with Gasteiger partial charge in [-0.3, -0.25) is 4.79 Å². The number of aryl methyl sites for hydroxylation is 1. The minimum Gasteiger partial charge on any atom is -0.483 e. The van der Waals surface area contributed by atoms with Crippen LogP contribution in [0.25, 0.3) is 0 Å². The van der Waals surface area contributed by atoms with Crippen molar-refractivity contribution in [3.8, 4) is 5.75 Å². The van der Waals surface area contributed by atoms with Crippen LogP contribution in [0.15, 0.2) is 76.1 Å². The highest BCUT2D eigenvalue weighted by Crippen LogP contribution is 2.32. The van der Waals surface area contributed by atoms with Crippen molar-refractivity contribution in [1.82, 2.24) is 4.31 Å². The molecule has 0 atom stereocenters. The van der Waals surface area contributed by atoms with Gasteiger partial charge in [0.15, 0.2) is 6.61 Å². The maximum absolute atomic E-state index is 12.9. The van der Waals surface area contributed by atoms with Gasteiger partial charge in [0.25, 0.3) is 5.91 Å². The summed E-state index contributed by atoms with van der Waals surface area (Å²) in [5.74, 6) is 0.588. The quantitative estimate of drug-likeness (QED) is 0.373. The Hall–Kier alpha value is -2.68. The highest BCUT2D eigenvalue weighted by molar-refractivity contribution is 9.10. The third kappa shape index (κ3) is 6.46. The molecule has 0 fully saturated rings. The second-order valence-corrected chi connectivity index (χ2v) is 11.3. The predicted octanol–water partition coefficient (Wildman–Crippen LogP) is 5.72. The van der Waals surface area contributed by atoms with Gasteiger partial charge in [-0.1, -0.05) is 60.1 Å². The van der Waals surface area contributed by atoms with Crippen molar-refractivity contribution >= 4 is 37.5 Å². The molecule has 3 aromatic rings. The maximum atomic E-state index is 12.9. The Kier molecular flexibility index (Phi) is 8.52. The highest BCUT2D eigenvalue weighted by Gasteiger charge is 2.21. The number of nitrogens with one attached hydrogen (secondary N) is 1. The Morgan fingerprint density at radius 2 is 1.71 bits per heavy atom. The van der Waals surface area contributed by atoms with Crippen LogP contribution in [0.1, 0.15) is 36.5 Å². The number of rotatable bonds is 9. The number of hydrogen-bond acceptors (Lipinski definition) is 4. The summed E-state index contributed by atoms with van der Waals surface area (Å²) in [5.41, 5.74) is 3.43. The van der Waals surface area contributed by atoms with Gasteiger partial charge < -0.3 is 10.1 Å². The van der Waals surface area contributed by atoms with Crippen molar-refractivity contribution in [3.05, 3.63) is 87.9 Å². The first kappa shape index (κ1) is 25.9. The summed E-state index contributed by atoms with van der Waals surface area (Å²) < 4.78 is 33.9. The molecule has 3 aromatic carbocycles. The number of nitrogens with zero attached hydrogens (tertiary/aromatic N) is 1. The lowest BCUT2D eigenvalue weighted by molar-refractivity contribution is -0.118. The van der Waals surface area contributed by atoms with Crippen molar-refractivity contribution < 1.29 is 17.9 Å². The number of carbonyl (C=O) groups is 1. The zero-order valence-electron chi connectivity index (χ0n) is 19.7. The molecular weight excluding hydrogens is 516 g/mol. The number of carbonyl (C=O) groups excluding carboxylic acids is 1. The molecule has 0 heterocycles. The Labute approximate surface area is 210 Å². The molecule has 34 heavy (non-hydrogen) atoms. The Morgan fingerprint density at radius 1 is 1.06 bits per heavy atom. The number of benzene rings is 3. The van der Waals surface area contributed by atoms with Crippen LogP contribution in [-0.2, 0) is 21.4 Å². The van der Waals surface area contributed by atoms with Gasteiger partial charge in [-0.2, -0.15) is 4.31 Å². The van der Waals surface area contributed by atoms with Crippen LogP contribution >= 0.6 is 15.9 Å². The van der Waals surface area contributed by atoms with Crippen molar-refractivity contribution in [3.63, 3.8) is 0 Å². The summed E-state index contributed by atoms with van der Waals surface area (Å²) in [7, 11) is -2.11. The molecule has 3 rings (SSSR count). The molecule has 0 aliphatic rings. The number of amides is 1. The third-order valence-electron chi connectivity index (χ3n) is 5.37. The SMILES string of the molecule is Cc1cc(OCC(=O)Nc2ccc(S(=O)(=O)N(C)Cc3ccccc3)cc2)c(C(C)C)cc1Br. The van der Waals surface area contributed by atoms with Gasteiger partial charge in [-0.15, -0.1) is 0 Å². The average Bonchev–Trinajstić information content (AvgIpc) is 2.80. The lowest BCUT2D eigenvalue weighted by atomic mass is 10.0. The van der Waals surface area contributed by atoms with Crippen LogP contribution in [0.2, 0.25) is 0 Å². The van der Waals surface area contributed by atoms with E-state index in [2.05, 4.69) is 35.1 Å². The van der Waals surface area contributed by atoms with Gasteiger partial charge in [-0.25, -0.2) is 8.42 Å². The van der Waals surface area contributed by atoms with Crippen molar-refractivity contribution in [2.75, 3.05) is 19.0 Å². The van der Waals surface area contributed by atoms with Gasteiger partial charge in [0.05, 0.1) is 4.90 Å². The summed E-state index contributed by atoms with van der Waals surface area (Å²) in [6, 6.07) is 19.5. The molecule has 0 aromatic heterocycles. The van der Waals surface area contributed by atoms with Crippen LogP contribution < -0.4 is 10.1 Å². The van der Waals surface area contributed by atoms with Crippen LogP contribution in [0.4, 0.5) is 5.69 Å². The molecule has 0 aliphatic heterocycles. The average molecular weight is 545 g/mol. The van der Waals surface area contributed by atoms with Gasteiger partial charge >= 0.3 is 0 Å². The van der Waals surface area contributed by atoms with E-state index in [4.69, 9.17) is 4.74 Å². The molecule has 0 bridgehead atoms. The summed E-state index contributed by atoms with van der Waals surface area (Å²) in [4.78, 5) is 12.6. The number of hydrogen-bond donors (Lipinski definition) is 1. The number of ether oxygens (including phenoxy) is 1. The molecule has 1 N–H and O–H groups in total. The fraction of sp³-hybridized carbons (Fsp3) is 0.269. The summed E-state index contributed by atoms with van der Waals surface area (Å²) in [6.07, 6.45) is 0. The number of sulfonamides is 1. The summed E-state index contributed by atoms with van der Waals surface area (Å²) in [6.45, 7) is 6.22. The highest BCUT2D eigenvalue weighted by atomic mass is 79.9. The lowest BCUT2D eigenvalue weighted by Crippen LogP contribution is -2.26. The second kappa shape index (κ2) is 11.2. The van der Waals surface area contributed by atoms with E-state index in [0.29, 0.717) is 11.4 Å². The van der Waals surface area contributed by atoms with E-state index >= 15 is 0 Å². The first-order valence-corrected chi connectivity index (χ1v) is 13.1. The van der Waals surface area contributed by atoms with Crippen LogP contribution in [0.5, 0.6) is 5.75 Å². The predicted molar refractivity (Wildman–Crippen MR) is 139 cm³/mol. The molecular formula is C26H29BrN2O4S. The number of anilines is 1. The normalized spacial score (nSPS) is 11.6. The molecule has 0 saturated heterocycles. The van der Waals surface area contributed by atoms with Crippen LogP contribution in [0, 0.1) is 6.92 Å². The van der Waals surface area contributed by atoms with Crippen LogP contribution in [0.3, 0.4) is 0 Å². The van der Waals surface area contributed by atoms with Gasteiger partial charge in [0.2, 0.25) is 10.0 Å². The second-order valence-electron chi connectivity index (χ2n) is 8.40. The molecule has 180 valence electrons. The smallest absolute Gasteiger partial charge is 0.262 e. The van der Waals surface area contributed by atoms with Crippen molar-refractivity contribution in [2.24, 2.45) is 0 Å². The first-order chi connectivity index (χ1) is 16.1. The topological polar surface area (TPSA) is 75.7 Å². The number of halogens is 1. The van der Waals surface area contributed by atoms with E-state index in [-0.39, 0.29) is 29.9 Å². The van der Waals surface area contributed by atoms with Crippen molar-refractivity contribution in [1.29, 1.82) is 0 Å². The molecule has 0 unspecified atom stereocenters. The van der Waals surface area contributed by atoms with Crippen LogP contribution in [-0.4, -0.2) is 32.3 Å². The zero-order valence-corrected chi connectivity index (χ0v) is 22.1. The molecule has 8 heteroatoms. The van der Waals surface area contributed by atoms with E-state index in [1.165, 1.54) is 16.4 Å². The molecule has 0 spiro atoms. The van der Waals surface area contributed by atoms with Crippen molar-refractivity contribution in [2.45, 2.75) is 38.1 Å². The van der Waals surface area contributed by atoms with Gasteiger partial charge in [-0.05, 0) is 65.9 Å². The zero-order chi connectivity index (χ0) is 24.9. The molecule has 0 radical (unpaired) electrons. The lowest BCUT2D eigenvalue weighted by Gasteiger charge is -2.18. The minimum absolute atomic E-state index is 0.152. The first-order valence-electron chi connectivity index (χ1n) is 10.9. The van der Waals surface area contributed by atoms with E-state index in [0.717, 1.165) is 21.2 Å². The Balaban J connectivity index is 1.62. The van der Waals surface area contributed by atoms with E-state index in [1.54, 1.807) is 19.2 Å². The Bertz CT molecular complexity index is 1240. The fourth-order valence-corrected chi connectivity index (χ4v) is 4.92. The third-order valence-corrected chi connectivity index (χ3v) is 8.04. The van der Waals surface area contributed by atoms with E-state index in [9.17, 15) is 13.2 Å². The van der Waals surface area contributed by atoms with Gasteiger partial charge in [0.1, 0.15) is 5.75 Å². The molecule has 1 amide bonds. The Morgan fingerprint density at radius 3 is 2.32 bits per heavy atom. The van der Waals surface area contributed by atoms with E-state index in [1.807, 2.05) is 49.4 Å². The summed E-state index contributed by atoms with van der Waals surface area (Å²) >= 11 is 3.54.